The molecule has 1 amide bonds. The fourth-order valence-corrected chi connectivity index (χ4v) is 2.90. The average Bonchev–Trinajstić information content (AvgIpc) is 2.92. The first-order valence-corrected chi connectivity index (χ1v) is 8.14. The first-order valence-electron chi connectivity index (χ1n) is 8.14. The number of carbonyl (C=O) groups is 1. The molecule has 0 saturated carbocycles. The molecule has 2 heterocycles. The molecule has 1 fully saturated rings. The van der Waals surface area contributed by atoms with E-state index in [1.165, 1.54) is 6.42 Å². The number of aryl methyl sites for hydroxylation is 1. The van der Waals surface area contributed by atoms with Gasteiger partial charge in [0.25, 0.3) is 5.91 Å². The Bertz CT molecular complexity index is 498. The van der Waals surface area contributed by atoms with Crippen LogP contribution >= 0.6 is 0 Å². The van der Waals surface area contributed by atoms with Crippen molar-refractivity contribution in [1.82, 2.24) is 14.7 Å². The van der Waals surface area contributed by atoms with Crippen LogP contribution in [-0.2, 0) is 16.1 Å². The van der Waals surface area contributed by atoms with Gasteiger partial charge in [-0.05, 0) is 45.1 Å². The number of rotatable bonds is 7. The summed E-state index contributed by atoms with van der Waals surface area (Å²) in [5, 5.41) is 4.35. The van der Waals surface area contributed by atoms with Gasteiger partial charge in [0, 0.05) is 12.7 Å². The minimum Gasteiger partial charge on any atom is -0.368 e. The van der Waals surface area contributed by atoms with Crippen LogP contribution in [0.25, 0.3) is 0 Å². The van der Waals surface area contributed by atoms with Crippen molar-refractivity contribution in [3.8, 4) is 0 Å². The summed E-state index contributed by atoms with van der Waals surface area (Å²) in [6, 6.07) is 0.214. The second-order valence-corrected chi connectivity index (χ2v) is 6.01. The van der Waals surface area contributed by atoms with Crippen molar-refractivity contribution in [1.29, 1.82) is 0 Å². The zero-order chi connectivity index (χ0) is 15.9. The monoisotopic (exact) mass is 305 g/mol. The lowest BCUT2D eigenvalue weighted by Crippen LogP contribution is -2.49. The van der Waals surface area contributed by atoms with Crippen LogP contribution in [0.4, 0.5) is 0 Å². The van der Waals surface area contributed by atoms with Crippen LogP contribution in [0.3, 0.4) is 0 Å². The molecule has 0 N–H and O–H groups in total. The van der Waals surface area contributed by atoms with Gasteiger partial charge in [0.05, 0.1) is 25.4 Å². The molecule has 0 bridgehead atoms. The Balaban J connectivity index is 1.96. The smallest absolute Gasteiger partial charge is 0.251 e. The van der Waals surface area contributed by atoms with Crippen LogP contribution in [0.2, 0.25) is 0 Å². The first kappa shape index (κ1) is 16.7. The standard InChI is InChI=1S/C17H27N3O2/c1-4-5-10-22-15(3)17(21)20-9-7-6-8-16(20)13-19-12-14(2)11-18-19/h4,11-12,15-16H,1,5-10,13H2,2-3H3/t15-,16+/m0/s1. The summed E-state index contributed by atoms with van der Waals surface area (Å²) < 4.78 is 7.55. The van der Waals surface area contributed by atoms with Gasteiger partial charge in [0.15, 0.2) is 0 Å². The van der Waals surface area contributed by atoms with Crippen LogP contribution in [0.1, 0.15) is 38.2 Å². The lowest BCUT2D eigenvalue weighted by molar-refractivity contribution is -0.146. The van der Waals surface area contributed by atoms with Crippen molar-refractivity contribution in [2.75, 3.05) is 13.2 Å². The predicted octanol–water partition coefficient (Wildman–Crippen LogP) is 2.55. The van der Waals surface area contributed by atoms with Gasteiger partial charge >= 0.3 is 0 Å². The number of piperidine rings is 1. The molecule has 1 aliphatic rings. The number of likely N-dealkylation sites (tertiary alicyclic amines) is 1. The third-order valence-electron chi connectivity index (χ3n) is 4.11. The molecule has 2 rings (SSSR count). The lowest BCUT2D eigenvalue weighted by Gasteiger charge is -2.37. The summed E-state index contributed by atoms with van der Waals surface area (Å²) in [6.45, 7) is 9.67. The van der Waals surface area contributed by atoms with Crippen molar-refractivity contribution >= 4 is 5.91 Å². The second-order valence-electron chi connectivity index (χ2n) is 6.01. The zero-order valence-electron chi connectivity index (χ0n) is 13.7. The first-order chi connectivity index (χ1) is 10.6. The molecule has 1 aliphatic heterocycles. The van der Waals surface area contributed by atoms with E-state index in [4.69, 9.17) is 4.74 Å². The van der Waals surface area contributed by atoms with Gasteiger partial charge in [-0.3, -0.25) is 9.48 Å². The van der Waals surface area contributed by atoms with Gasteiger partial charge < -0.3 is 9.64 Å². The fourth-order valence-electron chi connectivity index (χ4n) is 2.90. The zero-order valence-corrected chi connectivity index (χ0v) is 13.7. The highest BCUT2D eigenvalue weighted by atomic mass is 16.5. The summed E-state index contributed by atoms with van der Waals surface area (Å²) in [6.07, 6.45) is 9.34. The Hall–Kier alpha value is -1.62. The van der Waals surface area contributed by atoms with Gasteiger partial charge in [-0.25, -0.2) is 0 Å². The summed E-state index contributed by atoms with van der Waals surface area (Å²) in [5.74, 6) is 0.0950. The molecule has 1 aromatic heterocycles. The van der Waals surface area contributed by atoms with Crippen LogP contribution in [-0.4, -0.2) is 45.9 Å². The molecule has 122 valence electrons. The minimum absolute atomic E-state index is 0.0950. The van der Waals surface area contributed by atoms with Crippen LogP contribution < -0.4 is 0 Å². The SMILES string of the molecule is C=CCCO[C@@H](C)C(=O)N1CCCC[C@@H]1Cn1cc(C)cn1. The number of hydrogen-bond donors (Lipinski definition) is 0. The van der Waals surface area contributed by atoms with E-state index < -0.39 is 0 Å². The van der Waals surface area contributed by atoms with Crippen molar-refractivity contribution in [2.24, 2.45) is 0 Å². The van der Waals surface area contributed by atoms with E-state index >= 15 is 0 Å². The maximum absolute atomic E-state index is 12.6. The summed E-state index contributed by atoms with van der Waals surface area (Å²) in [7, 11) is 0. The van der Waals surface area contributed by atoms with E-state index in [-0.39, 0.29) is 18.1 Å². The highest BCUT2D eigenvalue weighted by Gasteiger charge is 2.30. The second kappa shape index (κ2) is 8.13. The molecule has 1 saturated heterocycles. The fraction of sp³-hybridized carbons (Fsp3) is 0.647. The lowest BCUT2D eigenvalue weighted by atomic mass is 10.0. The van der Waals surface area contributed by atoms with E-state index in [0.717, 1.165) is 37.9 Å². The van der Waals surface area contributed by atoms with Gasteiger partial charge in [0.2, 0.25) is 0 Å². The predicted molar refractivity (Wildman–Crippen MR) is 86.5 cm³/mol. The van der Waals surface area contributed by atoms with Crippen LogP contribution in [0, 0.1) is 6.92 Å². The Morgan fingerprint density at radius 1 is 1.59 bits per heavy atom. The summed E-state index contributed by atoms with van der Waals surface area (Å²) in [5.41, 5.74) is 1.15. The normalized spacial score (nSPS) is 19.9. The Morgan fingerprint density at radius 2 is 2.41 bits per heavy atom. The number of carbonyl (C=O) groups excluding carboxylic acids is 1. The number of ether oxygens (including phenoxy) is 1. The molecular weight excluding hydrogens is 278 g/mol. The average molecular weight is 305 g/mol. The molecular formula is C17H27N3O2. The van der Waals surface area contributed by atoms with E-state index in [1.54, 1.807) is 6.08 Å². The Kier molecular flexibility index (Phi) is 6.19. The van der Waals surface area contributed by atoms with Crippen LogP contribution in [0.5, 0.6) is 0 Å². The molecule has 0 aromatic carbocycles. The quantitative estimate of drug-likeness (QED) is 0.574. The number of nitrogens with zero attached hydrogens (tertiary/aromatic N) is 3. The largest absolute Gasteiger partial charge is 0.368 e. The number of aromatic nitrogens is 2. The molecule has 22 heavy (non-hydrogen) atoms. The van der Waals surface area contributed by atoms with Crippen molar-refractivity contribution < 1.29 is 9.53 Å². The van der Waals surface area contributed by atoms with Crippen molar-refractivity contribution in [3.63, 3.8) is 0 Å². The molecule has 2 atom stereocenters. The van der Waals surface area contributed by atoms with Crippen molar-refractivity contribution in [2.45, 2.75) is 58.2 Å². The summed E-state index contributed by atoms with van der Waals surface area (Å²) in [4.78, 5) is 14.6. The van der Waals surface area contributed by atoms with E-state index in [1.807, 2.05) is 35.8 Å². The third-order valence-corrected chi connectivity index (χ3v) is 4.11. The minimum atomic E-state index is -0.389. The third kappa shape index (κ3) is 4.44. The molecule has 1 aromatic rings. The molecule has 0 radical (unpaired) electrons. The van der Waals surface area contributed by atoms with E-state index in [9.17, 15) is 4.79 Å². The highest BCUT2D eigenvalue weighted by molar-refractivity contribution is 5.81. The van der Waals surface area contributed by atoms with Gasteiger partial charge in [0.1, 0.15) is 6.10 Å². The molecule has 0 aliphatic carbocycles. The molecule has 5 heteroatoms. The number of amides is 1. The maximum Gasteiger partial charge on any atom is 0.251 e. The van der Waals surface area contributed by atoms with Crippen molar-refractivity contribution in [3.05, 3.63) is 30.6 Å². The maximum atomic E-state index is 12.6. The molecule has 0 spiro atoms. The van der Waals surface area contributed by atoms with Crippen LogP contribution in [0.15, 0.2) is 25.0 Å². The Labute approximate surface area is 132 Å². The highest BCUT2D eigenvalue weighted by Crippen LogP contribution is 2.20. The topological polar surface area (TPSA) is 47.4 Å². The molecule has 0 unspecified atom stereocenters. The summed E-state index contributed by atoms with van der Waals surface area (Å²) >= 11 is 0. The van der Waals surface area contributed by atoms with E-state index in [0.29, 0.717) is 6.61 Å². The van der Waals surface area contributed by atoms with Gasteiger partial charge in [-0.15, -0.1) is 6.58 Å². The van der Waals surface area contributed by atoms with E-state index in [2.05, 4.69) is 11.7 Å². The number of hydrogen-bond acceptors (Lipinski definition) is 3. The van der Waals surface area contributed by atoms with Gasteiger partial charge in [-0.2, -0.15) is 5.10 Å². The van der Waals surface area contributed by atoms with Gasteiger partial charge in [-0.1, -0.05) is 6.08 Å². The Morgan fingerprint density at radius 3 is 3.09 bits per heavy atom. The molecule has 5 nitrogen and oxygen atoms in total.